The van der Waals surface area contributed by atoms with Crippen molar-refractivity contribution in [2.24, 2.45) is 17.8 Å². The van der Waals surface area contributed by atoms with Crippen LogP contribution in [0.25, 0.3) is 11.1 Å². The largest absolute Gasteiger partial charge is 0.481 e. The molecule has 12 nitrogen and oxygen atoms in total. The molecule has 5 atom stereocenters. The zero-order valence-corrected chi connectivity index (χ0v) is 35.0. The normalized spacial score (nSPS) is 14.7. The number of carbonyl (C=O) groups is 5. The molecule has 0 saturated heterocycles. The van der Waals surface area contributed by atoms with E-state index in [9.17, 15) is 29.1 Å². The molecule has 4 aromatic rings. The molecule has 58 heavy (non-hydrogen) atoms. The van der Waals surface area contributed by atoms with Gasteiger partial charge in [-0.25, -0.2) is 9.78 Å². The van der Waals surface area contributed by atoms with E-state index >= 15 is 0 Å². The second kappa shape index (κ2) is 19.7. The Morgan fingerprint density at radius 2 is 1.43 bits per heavy atom. The minimum absolute atomic E-state index is 0.105. The van der Waals surface area contributed by atoms with Crippen LogP contribution in [0.1, 0.15) is 98.6 Å². The second-order valence-electron chi connectivity index (χ2n) is 15.7. The number of nitrogens with zero attached hydrogens (tertiary/aromatic N) is 2. The highest BCUT2D eigenvalue weighted by Gasteiger charge is 2.36. The van der Waals surface area contributed by atoms with Crippen molar-refractivity contribution < 1.29 is 38.6 Å². The van der Waals surface area contributed by atoms with E-state index in [0.29, 0.717) is 11.4 Å². The van der Waals surface area contributed by atoms with E-state index in [0.717, 1.165) is 39.2 Å². The monoisotopic (exact) mass is 810 g/mol. The fourth-order valence-corrected chi connectivity index (χ4v) is 8.42. The minimum atomic E-state index is -0.955. The topological polar surface area (TPSA) is 164 Å². The molecule has 0 radical (unpaired) electrons. The number of carbonyl (C=O) groups excluding carboxylic acids is 4. The van der Waals surface area contributed by atoms with Crippen molar-refractivity contribution in [1.82, 2.24) is 20.5 Å². The summed E-state index contributed by atoms with van der Waals surface area (Å²) in [4.78, 5) is 71.3. The average Bonchev–Trinajstić information content (AvgIpc) is 3.81. The predicted molar refractivity (Wildman–Crippen MR) is 222 cm³/mol. The molecule has 3 aromatic carbocycles. The molecular weight excluding hydrogens is 757 g/mol. The van der Waals surface area contributed by atoms with E-state index in [2.05, 4.69) is 27.8 Å². The van der Waals surface area contributed by atoms with Gasteiger partial charge in [0, 0.05) is 43.8 Å². The maximum atomic E-state index is 14.2. The highest BCUT2D eigenvalue weighted by atomic mass is 32.1. The predicted octanol–water partition coefficient (Wildman–Crippen LogP) is 7.64. The van der Waals surface area contributed by atoms with Gasteiger partial charge in [0.25, 0.3) is 5.91 Å². The summed E-state index contributed by atoms with van der Waals surface area (Å²) in [6, 6.07) is 23.8. The molecule has 5 rings (SSSR count). The zero-order chi connectivity index (χ0) is 42.1. The first-order valence-electron chi connectivity index (χ1n) is 19.7. The highest BCUT2D eigenvalue weighted by Crippen LogP contribution is 2.44. The van der Waals surface area contributed by atoms with Gasteiger partial charge in [0.2, 0.25) is 5.91 Å². The number of amides is 3. The molecule has 1 aliphatic carbocycles. The number of aromatic nitrogens is 1. The third kappa shape index (κ3) is 10.9. The van der Waals surface area contributed by atoms with Crippen LogP contribution in [0.15, 0.2) is 84.2 Å². The first kappa shape index (κ1) is 43.6. The van der Waals surface area contributed by atoms with Crippen LogP contribution < -0.4 is 10.6 Å². The van der Waals surface area contributed by atoms with Gasteiger partial charge in [0.15, 0.2) is 6.10 Å². The van der Waals surface area contributed by atoms with Gasteiger partial charge in [-0.2, -0.15) is 0 Å². The molecule has 5 unspecified atom stereocenters. The summed E-state index contributed by atoms with van der Waals surface area (Å²) in [6.07, 6.45) is -0.755. The lowest BCUT2D eigenvalue weighted by molar-refractivity contribution is -0.148. The summed E-state index contributed by atoms with van der Waals surface area (Å²) in [5.74, 6) is -3.52. The van der Waals surface area contributed by atoms with Crippen LogP contribution in [-0.4, -0.2) is 76.6 Å². The van der Waals surface area contributed by atoms with E-state index in [-0.39, 0.29) is 48.8 Å². The van der Waals surface area contributed by atoms with Crippen molar-refractivity contribution in [3.8, 4) is 11.1 Å². The summed E-state index contributed by atoms with van der Waals surface area (Å²) >= 11 is 1.16. The standard InChI is InChI=1S/C45H54N4O8S/c1-26(2)38(49(7)43(52)40(27(3)4)48-45(55)56-24-36-34-19-13-11-17-32(34)33-18-12-14-20-35(33)36)23-39(57-29(6)50)42-47-37(25-58-42)41(51)46-31(21-28(5)44(53)54)22-30-15-9-8-10-16-30/h8-20,25-28,31,36,38-40H,21-24H2,1-7H3,(H,46,51)(H,48,55)(H,53,54). The molecule has 13 heteroatoms. The van der Waals surface area contributed by atoms with Gasteiger partial charge in [-0.05, 0) is 52.5 Å². The molecule has 1 aliphatic rings. The van der Waals surface area contributed by atoms with Gasteiger partial charge in [-0.3, -0.25) is 19.2 Å². The van der Waals surface area contributed by atoms with Crippen LogP contribution >= 0.6 is 11.3 Å². The fourth-order valence-electron chi connectivity index (χ4n) is 7.58. The number of rotatable bonds is 18. The summed E-state index contributed by atoms with van der Waals surface area (Å²) in [5.41, 5.74) is 5.45. The quantitative estimate of drug-likeness (QED) is 0.0858. The van der Waals surface area contributed by atoms with Crippen LogP contribution in [-0.2, 0) is 30.3 Å². The number of likely N-dealkylation sites (N-methyl/N-ethyl adjacent to an activating group) is 1. The number of esters is 1. The molecule has 3 amide bonds. The number of hydrogen-bond acceptors (Lipinski definition) is 9. The van der Waals surface area contributed by atoms with Crippen LogP contribution in [0.4, 0.5) is 4.79 Å². The van der Waals surface area contributed by atoms with Crippen LogP contribution in [0.2, 0.25) is 0 Å². The Kier molecular flexibility index (Phi) is 14.8. The molecule has 308 valence electrons. The Morgan fingerprint density at radius 3 is 2.00 bits per heavy atom. The number of hydrogen-bond donors (Lipinski definition) is 3. The number of fused-ring (bicyclic) bond motifs is 3. The number of carboxylic acids is 1. The molecule has 1 heterocycles. The van der Waals surface area contributed by atoms with Crippen LogP contribution in [0.3, 0.4) is 0 Å². The van der Waals surface area contributed by atoms with Gasteiger partial charge in [0.05, 0.1) is 5.92 Å². The summed E-state index contributed by atoms with van der Waals surface area (Å²) in [6.45, 7) is 10.6. The number of ether oxygens (including phenoxy) is 2. The van der Waals surface area contributed by atoms with Gasteiger partial charge < -0.3 is 30.1 Å². The summed E-state index contributed by atoms with van der Waals surface area (Å²) in [5, 5.41) is 17.3. The Labute approximate surface area is 344 Å². The lowest BCUT2D eigenvalue weighted by Crippen LogP contribution is -2.54. The third-order valence-corrected chi connectivity index (χ3v) is 11.6. The molecule has 0 saturated carbocycles. The average molecular weight is 811 g/mol. The Bertz CT molecular complexity index is 2020. The van der Waals surface area contributed by atoms with Gasteiger partial charge >= 0.3 is 18.0 Å². The lowest BCUT2D eigenvalue weighted by Gasteiger charge is -2.36. The first-order chi connectivity index (χ1) is 27.6. The van der Waals surface area contributed by atoms with E-state index in [1.807, 2.05) is 94.4 Å². The van der Waals surface area contributed by atoms with Gasteiger partial charge in [-0.15, -0.1) is 11.3 Å². The highest BCUT2D eigenvalue weighted by molar-refractivity contribution is 7.09. The number of carboxylic acid groups (broad SMARTS) is 1. The van der Waals surface area contributed by atoms with Crippen molar-refractivity contribution >= 4 is 41.2 Å². The fraction of sp³-hybridized carbons (Fsp3) is 0.422. The van der Waals surface area contributed by atoms with Crippen molar-refractivity contribution in [3.63, 3.8) is 0 Å². The van der Waals surface area contributed by atoms with Crippen LogP contribution in [0, 0.1) is 17.8 Å². The second-order valence-corrected chi connectivity index (χ2v) is 16.6. The number of nitrogens with one attached hydrogen (secondary N) is 2. The number of thiazole rings is 1. The maximum Gasteiger partial charge on any atom is 0.407 e. The van der Waals surface area contributed by atoms with Crippen molar-refractivity contribution in [2.75, 3.05) is 13.7 Å². The van der Waals surface area contributed by atoms with Crippen molar-refractivity contribution in [1.29, 1.82) is 0 Å². The molecule has 0 aliphatic heterocycles. The van der Waals surface area contributed by atoms with E-state index in [4.69, 9.17) is 9.47 Å². The SMILES string of the molecule is CC(=O)OC(CC(C(C)C)N(C)C(=O)C(NC(=O)OCC1c2ccccc2-c2ccccc21)C(C)C)c1nc(C(=O)NC(Cc2ccccc2)CC(C)C(=O)O)cs1. The van der Waals surface area contributed by atoms with E-state index < -0.39 is 54.1 Å². The third-order valence-electron chi connectivity index (χ3n) is 10.7. The maximum absolute atomic E-state index is 14.2. The Morgan fingerprint density at radius 1 is 0.828 bits per heavy atom. The summed E-state index contributed by atoms with van der Waals surface area (Å²) < 4.78 is 11.6. The molecule has 0 fully saturated rings. The zero-order valence-electron chi connectivity index (χ0n) is 34.1. The summed E-state index contributed by atoms with van der Waals surface area (Å²) in [7, 11) is 1.67. The van der Waals surface area contributed by atoms with Crippen LogP contribution in [0.5, 0.6) is 0 Å². The molecule has 0 bridgehead atoms. The molecular formula is C45H54N4O8S. The van der Waals surface area contributed by atoms with E-state index in [1.54, 1.807) is 24.3 Å². The lowest BCUT2D eigenvalue weighted by atomic mass is 9.94. The van der Waals surface area contributed by atoms with Crippen molar-refractivity contribution in [3.05, 3.63) is 112 Å². The molecule has 3 N–H and O–H groups in total. The molecule has 1 aromatic heterocycles. The van der Waals surface area contributed by atoms with E-state index in [1.165, 1.54) is 6.92 Å². The number of alkyl carbamates (subject to hydrolysis) is 1. The number of benzene rings is 3. The van der Waals surface area contributed by atoms with Crippen molar-refractivity contribution in [2.45, 2.75) is 91.0 Å². The molecule has 0 spiro atoms. The Hall–Kier alpha value is -5.56. The van der Waals surface area contributed by atoms with Gasteiger partial charge in [0.1, 0.15) is 23.4 Å². The minimum Gasteiger partial charge on any atom is -0.481 e. The smallest absolute Gasteiger partial charge is 0.407 e. The van der Waals surface area contributed by atoms with Gasteiger partial charge in [-0.1, -0.05) is 113 Å². The first-order valence-corrected chi connectivity index (χ1v) is 20.6. The Balaban J connectivity index is 1.26. The number of aliphatic carboxylic acids is 1.